The van der Waals surface area contributed by atoms with E-state index in [2.05, 4.69) is 0 Å². The monoisotopic (exact) mass is 266 g/mol. The molecule has 2 nitrogen and oxygen atoms in total. The Balaban J connectivity index is 3.09. The maximum Gasteiger partial charge on any atom is 0.491 e. The van der Waals surface area contributed by atoms with Crippen LogP contribution in [0.5, 0.6) is 0 Å². The molecule has 0 heterocycles. The normalized spacial score (nSPS) is 9.82. The van der Waals surface area contributed by atoms with E-state index >= 15 is 0 Å². The standard InChI is InChI=1S/C6H5BFIO2/c8-6-3-4(9)1-2-5(6)7(10)11/h1-3,10-11H. The van der Waals surface area contributed by atoms with Crippen molar-refractivity contribution in [2.45, 2.75) is 0 Å². The second kappa shape index (κ2) is 3.51. The van der Waals surface area contributed by atoms with Gasteiger partial charge in [-0.2, -0.15) is 0 Å². The Hall–Kier alpha value is -0.135. The average molecular weight is 266 g/mol. The zero-order valence-corrected chi connectivity index (χ0v) is 7.62. The molecule has 0 amide bonds. The minimum atomic E-state index is -1.73. The summed E-state index contributed by atoms with van der Waals surface area (Å²) >= 11 is 1.94. The van der Waals surface area contributed by atoms with E-state index in [0.29, 0.717) is 0 Å². The number of hydrogen-bond acceptors (Lipinski definition) is 2. The molecule has 0 bridgehead atoms. The van der Waals surface area contributed by atoms with Crippen LogP contribution in [0.25, 0.3) is 0 Å². The predicted molar refractivity (Wildman–Crippen MR) is 48.9 cm³/mol. The second-order valence-electron chi connectivity index (χ2n) is 2.04. The first-order valence-electron chi connectivity index (χ1n) is 2.92. The van der Waals surface area contributed by atoms with Gasteiger partial charge in [0.2, 0.25) is 0 Å². The van der Waals surface area contributed by atoms with Gasteiger partial charge in [0, 0.05) is 9.03 Å². The van der Waals surface area contributed by atoms with Crippen LogP contribution < -0.4 is 5.46 Å². The minimum absolute atomic E-state index is 0.0922. The third-order valence-corrected chi connectivity index (χ3v) is 1.91. The van der Waals surface area contributed by atoms with Gasteiger partial charge >= 0.3 is 7.12 Å². The van der Waals surface area contributed by atoms with Crippen LogP contribution in [0.15, 0.2) is 18.2 Å². The summed E-state index contributed by atoms with van der Waals surface area (Å²) in [5.74, 6) is -0.591. The Kier molecular flexibility index (Phi) is 2.86. The van der Waals surface area contributed by atoms with E-state index in [9.17, 15) is 4.39 Å². The van der Waals surface area contributed by atoms with E-state index in [4.69, 9.17) is 10.0 Å². The van der Waals surface area contributed by atoms with Crippen molar-refractivity contribution in [1.29, 1.82) is 0 Å². The smallest absolute Gasteiger partial charge is 0.423 e. The summed E-state index contributed by atoms with van der Waals surface area (Å²) in [5.41, 5.74) is -0.0922. The van der Waals surface area contributed by atoms with Crippen molar-refractivity contribution < 1.29 is 14.4 Å². The van der Waals surface area contributed by atoms with E-state index in [1.807, 2.05) is 22.6 Å². The Bertz CT molecular complexity index is 267. The molecule has 0 saturated carbocycles. The molecule has 2 N–H and O–H groups in total. The summed E-state index contributed by atoms with van der Waals surface area (Å²) < 4.78 is 13.5. The molecule has 0 atom stereocenters. The molecule has 1 aromatic carbocycles. The van der Waals surface area contributed by atoms with Gasteiger partial charge in [-0.15, -0.1) is 0 Å². The average Bonchev–Trinajstić information content (AvgIpc) is 1.85. The molecule has 0 unspecified atom stereocenters. The molecule has 0 radical (unpaired) electrons. The lowest BCUT2D eigenvalue weighted by Gasteiger charge is -2.00. The summed E-state index contributed by atoms with van der Waals surface area (Å²) in [6.07, 6.45) is 0. The molecule has 5 heteroatoms. The van der Waals surface area contributed by atoms with E-state index < -0.39 is 12.9 Å². The zero-order valence-electron chi connectivity index (χ0n) is 5.46. The molecule has 0 fully saturated rings. The molecule has 1 aromatic rings. The van der Waals surface area contributed by atoms with Gasteiger partial charge < -0.3 is 10.0 Å². The van der Waals surface area contributed by atoms with Crippen LogP contribution >= 0.6 is 22.6 Å². The van der Waals surface area contributed by atoms with Gasteiger partial charge in [0.1, 0.15) is 5.82 Å². The van der Waals surface area contributed by atoms with Gasteiger partial charge in [0.05, 0.1) is 0 Å². The molecule has 0 aliphatic rings. The molecule has 0 aliphatic heterocycles. The SMILES string of the molecule is OB(O)c1ccc(I)cc1F. The van der Waals surface area contributed by atoms with Crippen molar-refractivity contribution in [2.24, 2.45) is 0 Å². The van der Waals surface area contributed by atoms with Crippen LogP contribution in [0.1, 0.15) is 0 Å². The minimum Gasteiger partial charge on any atom is -0.423 e. The van der Waals surface area contributed by atoms with Crippen LogP contribution in [0.3, 0.4) is 0 Å². The van der Waals surface area contributed by atoms with Gasteiger partial charge in [-0.3, -0.25) is 0 Å². The van der Waals surface area contributed by atoms with Crippen molar-refractivity contribution in [3.8, 4) is 0 Å². The van der Waals surface area contributed by atoms with Crippen LogP contribution in [-0.4, -0.2) is 17.2 Å². The molecule has 11 heavy (non-hydrogen) atoms. The summed E-state index contributed by atoms with van der Waals surface area (Å²) in [4.78, 5) is 0. The summed E-state index contributed by atoms with van der Waals surface area (Å²) in [6, 6.07) is 4.20. The molecule has 0 aliphatic carbocycles. The van der Waals surface area contributed by atoms with Gasteiger partial charge in [-0.25, -0.2) is 4.39 Å². The Morgan fingerprint density at radius 3 is 2.45 bits per heavy atom. The van der Waals surface area contributed by atoms with Crippen LogP contribution in [0, 0.1) is 9.39 Å². The fraction of sp³-hybridized carbons (Fsp3) is 0. The van der Waals surface area contributed by atoms with Crippen molar-refractivity contribution in [2.75, 3.05) is 0 Å². The first-order valence-corrected chi connectivity index (χ1v) is 4.00. The molecule has 1 rings (SSSR count). The van der Waals surface area contributed by atoms with Crippen molar-refractivity contribution in [3.63, 3.8) is 0 Å². The lowest BCUT2D eigenvalue weighted by atomic mass is 9.80. The molecule has 58 valence electrons. The van der Waals surface area contributed by atoms with Gasteiger partial charge in [-0.05, 0) is 34.7 Å². The van der Waals surface area contributed by atoms with Crippen molar-refractivity contribution in [3.05, 3.63) is 27.6 Å². The molecule has 0 spiro atoms. The number of halogens is 2. The van der Waals surface area contributed by atoms with E-state index in [0.717, 1.165) is 3.57 Å². The number of hydrogen-bond donors (Lipinski definition) is 2. The Labute approximate surface area is 77.3 Å². The summed E-state index contributed by atoms with van der Waals surface area (Å²) in [5, 5.41) is 17.2. The van der Waals surface area contributed by atoms with Crippen LogP contribution in [-0.2, 0) is 0 Å². The second-order valence-corrected chi connectivity index (χ2v) is 3.29. The highest BCUT2D eigenvalue weighted by Crippen LogP contribution is 2.04. The first-order chi connectivity index (χ1) is 5.11. The van der Waals surface area contributed by atoms with E-state index in [1.54, 1.807) is 6.07 Å². The first kappa shape index (κ1) is 8.96. The maximum absolute atomic E-state index is 12.8. The van der Waals surface area contributed by atoms with Gasteiger partial charge in [0.15, 0.2) is 0 Å². The number of benzene rings is 1. The van der Waals surface area contributed by atoms with Crippen LogP contribution in [0.4, 0.5) is 4.39 Å². The lowest BCUT2D eigenvalue weighted by molar-refractivity contribution is 0.423. The Morgan fingerprint density at radius 2 is 2.00 bits per heavy atom. The number of rotatable bonds is 1. The quantitative estimate of drug-likeness (QED) is 0.559. The molecular weight excluding hydrogens is 261 g/mol. The largest absolute Gasteiger partial charge is 0.491 e. The highest BCUT2D eigenvalue weighted by Gasteiger charge is 2.15. The summed E-state index contributed by atoms with van der Waals surface area (Å²) in [6.45, 7) is 0. The third-order valence-electron chi connectivity index (χ3n) is 1.24. The predicted octanol–water partition coefficient (Wildman–Crippen LogP) is 0.110. The highest BCUT2D eigenvalue weighted by molar-refractivity contribution is 14.1. The van der Waals surface area contributed by atoms with Crippen molar-refractivity contribution >= 4 is 35.2 Å². The molecule has 0 saturated heterocycles. The fourth-order valence-corrected chi connectivity index (χ4v) is 1.16. The van der Waals surface area contributed by atoms with Crippen LogP contribution in [0.2, 0.25) is 0 Å². The zero-order chi connectivity index (χ0) is 8.43. The lowest BCUT2D eigenvalue weighted by Crippen LogP contribution is -2.32. The van der Waals surface area contributed by atoms with Crippen molar-refractivity contribution in [1.82, 2.24) is 0 Å². The molecular formula is C6H5BFIO2. The van der Waals surface area contributed by atoms with Gasteiger partial charge in [0.25, 0.3) is 0 Å². The maximum atomic E-state index is 12.8. The Morgan fingerprint density at radius 1 is 1.36 bits per heavy atom. The molecule has 0 aromatic heterocycles. The third kappa shape index (κ3) is 2.15. The topological polar surface area (TPSA) is 40.5 Å². The summed E-state index contributed by atoms with van der Waals surface area (Å²) in [7, 11) is -1.73. The van der Waals surface area contributed by atoms with Gasteiger partial charge in [-0.1, -0.05) is 6.07 Å². The fourth-order valence-electron chi connectivity index (χ4n) is 0.711. The van der Waals surface area contributed by atoms with E-state index in [1.165, 1.54) is 12.1 Å². The van der Waals surface area contributed by atoms with E-state index in [-0.39, 0.29) is 5.46 Å². The highest BCUT2D eigenvalue weighted by atomic mass is 127.